The highest BCUT2D eigenvalue weighted by atomic mass is 16.4. The zero-order chi connectivity index (χ0) is 20.5. The zero-order valence-corrected chi connectivity index (χ0v) is 16.5. The van der Waals surface area contributed by atoms with Gasteiger partial charge in [0.05, 0.1) is 5.69 Å². The molecule has 4 rings (SSSR count). The van der Waals surface area contributed by atoms with Gasteiger partial charge >= 0.3 is 6.03 Å². The summed E-state index contributed by atoms with van der Waals surface area (Å²) in [6.45, 7) is 5.59. The fraction of sp³-hybridized carbons (Fsp3) is 0.318. The quantitative estimate of drug-likeness (QED) is 0.637. The highest BCUT2D eigenvalue weighted by Crippen LogP contribution is 2.28. The van der Waals surface area contributed by atoms with Gasteiger partial charge in [-0.15, -0.1) is 0 Å². The molecule has 0 radical (unpaired) electrons. The fourth-order valence-corrected chi connectivity index (χ4v) is 3.70. The minimum Gasteiger partial charge on any atom is -0.441 e. The van der Waals surface area contributed by atoms with Crippen LogP contribution in [-0.4, -0.2) is 30.9 Å². The number of urea groups is 1. The van der Waals surface area contributed by atoms with Crippen LogP contribution >= 0.6 is 0 Å². The summed E-state index contributed by atoms with van der Waals surface area (Å²) in [5.41, 5.74) is 2.07. The van der Waals surface area contributed by atoms with Crippen LogP contribution in [0.3, 0.4) is 0 Å². The summed E-state index contributed by atoms with van der Waals surface area (Å²) in [4.78, 5) is 41.0. The van der Waals surface area contributed by atoms with Crippen LogP contribution < -0.4 is 15.1 Å². The summed E-state index contributed by atoms with van der Waals surface area (Å²) in [5.74, 6) is -0.261. The number of piperidine rings is 1. The van der Waals surface area contributed by atoms with Gasteiger partial charge in [-0.1, -0.05) is 12.1 Å². The van der Waals surface area contributed by atoms with E-state index >= 15 is 0 Å². The Kier molecular flexibility index (Phi) is 4.96. The van der Waals surface area contributed by atoms with E-state index in [1.54, 1.807) is 18.2 Å². The molecule has 1 N–H and O–H groups in total. The largest absolute Gasteiger partial charge is 0.441 e. The summed E-state index contributed by atoms with van der Waals surface area (Å²) in [6.07, 6.45) is 4.84. The minimum atomic E-state index is -0.751. The van der Waals surface area contributed by atoms with E-state index in [0.29, 0.717) is 11.4 Å². The van der Waals surface area contributed by atoms with Gasteiger partial charge in [0.25, 0.3) is 11.8 Å². The lowest BCUT2D eigenvalue weighted by Gasteiger charge is -2.28. The van der Waals surface area contributed by atoms with Crippen molar-refractivity contribution in [1.82, 2.24) is 5.32 Å². The Morgan fingerprint density at radius 1 is 1.00 bits per heavy atom. The number of imide groups is 2. The van der Waals surface area contributed by atoms with Crippen molar-refractivity contribution in [1.29, 1.82) is 0 Å². The number of anilines is 2. The molecule has 4 amide bonds. The third kappa shape index (κ3) is 3.55. The van der Waals surface area contributed by atoms with Crippen LogP contribution in [0.15, 0.2) is 40.3 Å². The lowest BCUT2D eigenvalue weighted by atomic mass is 10.0. The number of hydrogen-bond donors (Lipinski definition) is 1. The average molecular weight is 393 g/mol. The highest BCUT2D eigenvalue weighted by Gasteiger charge is 2.37. The van der Waals surface area contributed by atoms with Crippen molar-refractivity contribution in [3.8, 4) is 0 Å². The first-order valence-electron chi connectivity index (χ1n) is 9.78. The molecule has 29 heavy (non-hydrogen) atoms. The topological polar surface area (TPSA) is 82.9 Å². The molecule has 3 heterocycles. The van der Waals surface area contributed by atoms with E-state index in [1.807, 2.05) is 26.0 Å². The standard InChI is InChI=1S/C22H23N3O4/c1-14-7-6-8-18(15(14)2)25-21(27)17(20(26)23-22(25)28)13-16-9-10-19(29-16)24-11-4-3-5-12-24/h6-10,13H,3-5,11-12H2,1-2H3,(H,23,26,28). The van der Waals surface area contributed by atoms with Crippen LogP contribution in [0.4, 0.5) is 16.4 Å². The molecule has 1 aromatic heterocycles. The molecular weight excluding hydrogens is 370 g/mol. The summed E-state index contributed by atoms with van der Waals surface area (Å²) in [7, 11) is 0. The van der Waals surface area contributed by atoms with Crippen LogP contribution in [0.25, 0.3) is 6.08 Å². The molecule has 7 nitrogen and oxygen atoms in total. The second kappa shape index (κ2) is 7.58. The number of rotatable bonds is 3. The first-order chi connectivity index (χ1) is 14.0. The molecule has 2 fully saturated rings. The maximum absolute atomic E-state index is 13.0. The molecule has 0 saturated carbocycles. The molecule has 0 atom stereocenters. The van der Waals surface area contributed by atoms with Crippen molar-refractivity contribution < 1.29 is 18.8 Å². The predicted molar refractivity (Wildman–Crippen MR) is 110 cm³/mol. The van der Waals surface area contributed by atoms with E-state index < -0.39 is 17.8 Å². The van der Waals surface area contributed by atoms with Gasteiger partial charge in [-0.25, -0.2) is 9.69 Å². The van der Waals surface area contributed by atoms with Crippen molar-refractivity contribution in [3.05, 3.63) is 52.8 Å². The van der Waals surface area contributed by atoms with Crippen molar-refractivity contribution in [3.63, 3.8) is 0 Å². The maximum Gasteiger partial charge on any atom is 0.335 e. The highest BCUT2D eigenvalue weighted by molar-refractivity contribution is 6.39. The summed E-state index contributed by atoms with van der Waals surface area (Å²) in [6, 6.07) is 8.19. The molecule has 2 aliphatic heterocycles. The number of benzene rings is 1. The van der Waals surface area contributed by atoms with Crippen molar-refractivity contribution in [2.24, 2.45) is 0 Å². The van der Waals surface area contributed by atoms with Gasteiger partial charge in [-0.2, -0.15) is 0 Å². The number of nitrogens with zero attached hydrogens (tertiary/aromatic N) is 2. The number of carbonyl (C=O) groups is 3. The molecule has 0 unspecified atom stereocenters. The van der Waals surface area contributed by atoms with E-state index in [-0.39, 0.29) is 5.57 Å². The second-order valence-electron chi connectivity index (χ2n) is 7.40. The van der Waals surface area contributed by atoms with E-state index in [2.05, 4.69) is 10.2 Å². The number of amides is 4. The van der Waals surface area contributed by atoms with Crippen molar-refractivity contribution in [2.75, 3.05) is 22.9 Å². The lowest BCUT2D eigenvalue weighted by Crippen LogP contribution is -2.54. The number of furan rings is 1. The molecular formula is C22H23N3O4. The van der Waals surface area contributed by atoms with Gasteiger partial charge in [0.2, 0.25) is 0 Å². The third-order valence-corrected chi connectivity index (χ3v) is 5.49. The maximum atomic E-state index is 13.0. The number of aryl methyl sites for hydroxylation is 1. The summed E-state index contributed by atoms with van der Waals surface area (Å²) in [5, 5.41) is 2.25. The van der Waals surface area contributed by atoms with Crippen molar-refractivity contribution >= 4 is 35.5 Å². The van der Waals surface area contributed by atoms with E-state index in [4.69, 9.17) is 4.42 Å². The number of barbiturate groups is 1. The Morgan fingerprint density at radius 2 is 1.76 bits per heavy atom. The van der Waals surface area contributed by atoms with Crippen LogP contribution in [0, 0.1) is 13.8 Å². The van der Waals surface area contributed by atoms with Gasteiger partial charge < -0.3 is 9.32 Å². The fourth-order valence-electron chi connectivity index (χ4n) is 3.70. The van der Waals surface area contributed by atoms with Crippen LogP contribution in [0.2, 0.25) is 0 Å². The van der Waals surface area contributed by atoms with E-state index in [9.17, 15) is 14.4 Å². The Labute approximate surface area is 169 Å². The van der Waals surface area contributed by atoms with Gasteiger partial charge in [-0.05, 0) is 62.4 Å². The Hall–Kier alpha value is -3.35. The second-order valence-corrected chi connectivity index (χ2v) is 7.40. The average Bonchev–Trinajstić information content (AvgIpc) is 3.18. The first kappa shape index (κ1) is 19.0. The van der Waals surface area contributed by atoms with Crippen LogP contribution in [0.1, 0.15) is 36.1 Å². The van der Waals surface area contributed by atoms with Gasteiger partial charge in [-0.3, -0.25) is 14.9 Å². The SMILES string of the molecule is Cc1cccc(N2C(=O)NC(=O)C(=Cc3ccc(N4CCCCC4)o3)C2=O)c1C. The van der Waals surface area contributed by atoms with Gasteiger partial charge in [0.15, 0.2) is 5.88 Å². The molecule has 0 spiro atoms. The van der Waals surface area contributed by atoms with Crippen LogP contribution in [0.5, 0.6) is 0 Å². The summed E-state index contributed by atoms with van der Waals surface area (Å²) < 4.78 is 5.85. The molecule has 7 heteroatoms. The Balaban J connectivity index is 1.65. The summed E-state index contributed by atoms with van der Waals surface area (Å²) >= 11 is 0. The van der Waals surface area contributed by atoms with Gasteiger partial charge in [0, 0.05) is 19.2 Å². The molecule has 2 aliphatic rings. The zero-order valence-electron chi connectivity index (χ0n) is 16.5. The predicted octanol–water partition coefficient (Wildman–Crippen LogP) is 3.55. The smallest absolute Gasteiger partial charge is 0.335 e. The third-order valence-electron chi connectivity index (χ3n) is 5.49. The molecule has 2 saturated heterocycles. The molecule has 0 bridgehead atoms. The van der Waals surface area contributed by atoms with Crippen LogP contribution in [-0.2, 0) is 9.59 Å². The molecule has 2 aromatic rings. The van der Waals surface area contributed by atoms with E-state index in [1.165, 1.54) is 12.5 Å². The number of hydrogen-bond acceptors (Lipinski definition) is 5. The normalized spacial score (nSPS) is 19.1. The molecule has 150 valence electrons. The monoisotopic (exact) mass is 393 g/mol. The Bertz CT molecular complexity index is 1010. The first-order valence-corrected chi connectivity index (χ1v) is 9.78. The lowest BCUT2D eigenvalue weighted by molar-refractivity contribution is -0.122. The molecule has 1 aromatic carbocycles. The van der Waals surface area contributed by atoms with Crippen molar-refractivity contribution in [2.45, 2.75) is 33.1 Å². The molecule has 0 aliphatic carbocycles. The Morgan fingerprint density at radius 3 is 2.52 bits per heavy atom. The number of carbonyl (C=O) groups excluding carboxylic acids is 3. The van der Waals surface area contributed by atoms with Gasteiger partial charge in [0.1, 0.15) is 11.3 Å². The number of nitrogens with one attached hydrogen (secondary N) is 1. The van der Waals surface area contributed by atoms with E-state index in [0.717, 1.165) is 47.8 Å². The minimum absolute atomic E-state index is 0.134.